The van der Waals surface area contributed by atoms with Crippen LogP contribution < -0.4 is 47.4 Å². The molecule has 25 nitrogen and oxygen atoms in total. The molecule has 0 unspecified atom stereocenters. The lowest BCUT2D eigenvalue weighted by Gasteiger charge is -2.16. The van der Waals surface area contributed by atoms with E-state index in [0.29, 0.717) is 162 Å². The number of nitrogens with zero attached hydrogens (tertiary/aromatic N) is 9. The van der Waals surface area contributed by atoms with Gasteiger partial charge in [0.15, 0.2) is 23.0 Å². The fraction of sp³-hybridized carbons (Fsp3) is 0.0920. The second-order valence-electron chi connectivity index (χ2n) is 25.2. The molecule has 2 aliphatic rings. The average Bonchev–Trinajstić information content (AvgIpc) is 1.60. The van der Waals surface area contributed by atoms with Crippen LogP contribution in [0, 0.1) is 18.8 Å². The van der Waals surface area contributed by atoms with Crippen molar-refractivity contribution < 1.29 is 76.1 Å². The lowest BCUT2D eigenvalue weighted by Crippen LogP contribution is -2.14. The van der Waals surface area contributed by atoms with Crippen LogP contribution in [0.15, 0.2) is 200 Å². The molecule has 118 heavy (non-hydrogen) atoms. The zero-order valence-corrected chi connectivity index (χ0v) is 67.3. The monoisotopic (exact) mass is 1680 g/mol. The topological polar surface area (TPSA) is 311 Å². The molecule has 0 saturated heterocycles. The third-order valence-electron chi connectivity index (χ3n) is 17.2. The quantitative estimate of drug-likeness (QED) is 0.0379. The van der Waals surface area contributed by atoms with E-state index in [0.717, 1.165) is 77.8 Å². The number of carbonyl (C=O) groups is 6. The van der Waals surface area contributed by atoms with Crippen molar-refractivity contribution in [2.24, 2.45) is 0 Å². The van der Waals surface area contributed by atoms with Gasteiger partial charge in [-0.05, 0) is 158 Å². The third kappa shape index (κ3) is 18.3. The Hall–Kier alpha value is -14.1. The van der Waals surface area contributed by atoms with Crippen molar-refractivity contribution in [2.75, 3.05) is 26.4 Å². The van der Waals surface area contributed by atoms with E-state index in [2.05, 4.69) is 115 Å². The largest absolute Gasteiger partial charge is 0.485 e. The Labute approximate surface area is 696 Å². The summed E-state index contributed by atoms with van der Waals surface area (Å²) >= 11 is 9.94. The molecular formula is C87H59N9O16S6. The van der Waals surface area contributed by atoms with Crippen molar-refractivity contribution in [1.29, 1.82) is 0 Å². The predicted molar refractivity (Wildman–Crippen MR) is 451 cm³/mol. The van der Waals surface area contributed by atoms with Gasteiger partial charge in [0.2, 0.25) is 0 Å². The zero-order chi connectivity index (χ0) is 81.4. The highest BCUT2D eigenvalue weighted by atomic mass is 32.1. The van der Waals surface area contributed by atoms with Crippen molar-refractivity contribution in [3.05, 3.63) is 215 Å². The predicted octanol–water partition coefficient (Wildman–Crippen LogP) is 18.8. The number of carbonyl (C=O) groups excluding carboxylic acids is 6. The molecule has 15 aromatic heterocycles. The number of allylic oxidation sites excluding steroid dienone is 1. The molecule has 0 radical (unpaired) electrons. The third-order valence-corrected chi connectivity index (χ3v) is 24.4. The van der Waals surface area contributed by atoms with Gasteiger partial charge < -0.3 is 47.4 Å². The first-order chi connectivity index (χ1) is 57.8. The minimum atomic E-state index is 0.268. The lowest BCUT2D eigenvalue weighted by atomic mass is 10.1. The standard InChI is InChI=1S/C31H23N3O6S2.C30H19N3O6S2.C26H17N3O4S2/c1-18(2)11-28-29-30(38-10-9-37-29)31(42-28)27-4-3-26(41-27)19-5-7-32-22(12-19)24-14-21(40-17-36)15-25(34-24)23-13-20(39-16-35)6-8-33-23;1-2-3-26-28-29(37-11-10-36-28)30(41-26)27-5-4-25(40-27)18-6-8-31-21(12-18)23-14-20(39-17-35)15-24(33-23)22-13-19(38-16-34)7-9-32-22;1-16-6-9-34-26(16)25-3-2-24(35-25)17-4-7-27-20(10-17)22-12-19(33-15-31)13-23(29-22)21-11-18(32-14-30)5-8-28-21/h3-8,11-17H,9-10H2,1-2H3;4-9,12-17H,10-11H2,1H3;2-15H,1H3. The molecule has 584 valence electrons. The molecule has 0 aliphatic carbocycles. The normalized spacial score (nSPS) is 11.5. The van der Waals surface area contributed by atoms with Gasteiger partial charge in [0.05, 0.1) is 83.0 Å². The summed E-state index contributed by atoms with van der Waals surface area (Å²) < 4.78 is 54.1. The Morgan fingerprint density at radius 3 is 1.02 bits per heavy atom. The van der Waals surface area contributed by atoms with Crippen molar-refractivity contribution >= 4 is 113 Å². The molecule has 0 saturated carbocycles. The summed E-state index contributed by atoms with van der Waals surface area (Å²) in [6, 6.07) is 45.3. The number of ether oxygens (including phenoxy) is 10. The summed E-state index contributed by atoms with van der Waals surface area (Å²) in [5, 5.41) is 2.10. The fourth-order valence-electron chi connectivity index (χ4n) is 12.2. The summed E-state index contributed by atoms with van der Waals surface area (Å²) in [4.78, 5) is 118. The molecule has 17 heterocycles. The van der Waals surface area contributed by atoms with Gasteiger partial charge >= 0.3 is 0 Å². The Kier molecular flexibility index (Phi) is 24.8. The van der Waals surface area contributed by atoms with Gasteiger partial charge in [-0.25, -0.2) is 15.0 Å². The number of aromatic nitrogens is 9. The summed E-state index contributed by atoms with van der Waals surface area (Å²) in [7, 11) is 0. The van der Waals surface area contributed by atoms with E-state index in [9.17, 15) is 28.8 Å². The van der Waals surface area contributed by atoms with Crippen LogP contribution in [0.4, 0.5) is 0 Å². The van der Waals surface area contributed by atoms with E-state index < -0.39 is 0 Å². The van der Waals surface area contributed by atoms with Crippen LogP contribution in [0.25, 0.3) is 135 Å². The molecular weight excluding hydrogens is 1620 g/mol. The minimum absolute atomic E-state index is 0.268. The van der Waals surface area contributed by atoms with E-state index in [1.165, 1.54) is 39.5 Å². The minimum Gasteiger partial charge on any atom is -0.485 e. The Balaban J connectivity index is 0.000000139. The molecule has 31 heteroatoms. The summed E-state index contributed by atoms with van der Waals surface area (Å²) in [6.45, 7) is 12.1. The van der Waals surface area contributed by atoms with Crippen molar-refractivity contribution in [2.45, 2.75) is 27.7 Å². The molecule has 0 amide bonds. The van der Waals surface area contributed by atoms with Crippen molar-refractivity contribution in [3.63, 3.8) is 0 Å². The number of hydrogen-bond donors (Lipinski definition) is 0. The van der Waals surface area contributed by atoms with E-state index in [4.69, 9.17) is 57.3 Å². The molecule has 17 rings (SSSR count). The maximum Gasteiger partial charge on any atom is 0.298 e. The Morgan fingerprint density at radius 2 is 0.661 bits per heavy atom. The number of aryl methyl sites for hydroxylation is 1. The number of thiophene rings is 6. The lowest BCUT2D eigenvalue weighted by molar-refractivity contribution is -0.121. The summed E-state index contributed by atoms with van der Waals surface area (Å²) in [6.07, 6.45) is 11.8. The average molecular weight is 1680 g/mol. The molecule has 0 fully saturated rings. The highest BCUT2D eigenvalue weighted by Gasteiger charge is 2.28. The molecule has 0 spiro atoms. The second kappa shape index (κ2) is 37.0. The van der Waals surface area contributed by atoms with E-state index in [-0.39, 0.29) is 11.5 Å². The van der Waals surface area contributed by atoms with Crippen LogP contribution in [0.2, 0.25) is 0 Å². The van der Waals surface area contributed by atoms with Crippen LogP contribution in [0.1, 0.15) is 36.1 Å². The van der Waals surface area contributed by atoms with Crippen LogP contribution in [-0.2, 0) is 28.8 Å². The van der Waals surface area contributed by atoms with E-state index in [1.54, 1.807) is 166 Å². The highest BCUT2D eigenvalue weighted by molar-refractivity contribution is 7.25. The number of hydrogen-bond acceptors (Lipinski definition) is 31. The van der Waals surface area contributed by atoms with E-state index in [1.807, 2.05) is 42.5 Å². The maximum atomic E-state index is 11.2. The highest BCUT2D eigenvalue weighted by Crippen LogP contribution is 2.54. The summed E-state index contributed by atoms with van der Waals surface area (Å²) in [5.41, 5.74) is 11.2. The van der Waals surface area contributed by atoms with Gasteiger partial charge in [0.25, 0.3) is 38.8 Å². The van der Waals surface area contributed by atoms with Gasteiger partial charge in [-0.15, -0.1) is 73.9 Å². The maximum absolute atomic E-state index is 11.2. The zero-order valence-electron chi connectivity index (χ0n) is 62.4. The first-order valence-corrected chi connectivity index (χ1v) is 40.5. The molecule has 0 atom stereocenters. The van der Waals surface area contributed by atoms with Gasteiger partial charge in [0.1, 0.15) is 65.8 Å². The Morgan fingerprint density at radius 1 is 0.347 bits per heavy atom. The van der Waals surface area contributed by atoms with E-state index >= 15 is 0 Å². The van der Waals surface area contributed by atoms with Crippen molar-refractivity contribution in [1.82, 2.24) is 44.9 Å². The first-order valence-electron chi connectivity index (χ1n) is 35.6. The first kappa shape index (κ1) is 79.1. The molecule has 0 bridgehead atoms. The number of rotatable bonds is 25. The summed E-state index contributed by atoms with van der Waals surface area (Å²) in [5.74, 6) is 10.9. The van der Waals surface area contributed by atoms with Crippen LogP contribution in [0.3, 0.4) is 0 Å². The van der Waals surface area contributed by atoms with Gasteiger partial charge in [0, 0.05) is 126 Å². The number of pyridine rings is 9. The smallest absolute Gasteiger partial charge is 0.298 e. The van der Waals surface area contributed by atoms with Crippen molar-refractivity contribution in [3.8, 4) is 198 Å². The van der Waals surface area contributed by atoms with Gasteiger partial charge in [-0.2, -0.15) is 0 Å². The second-order valence-corrected chi connectivity index (χ2v) is 31.5. The molecule has 2 aliphatic heterocycles. The number of fused-ring (bicyclic) bond motifs is 2. The van der Waals surface area contributed by atoms with Gasteiger partial charge in [-0.1, -0.05) is 11.5 Å². The Bertz CT molecular complexity index is 6390. The van der Waals surface area contributed by atoms with Gasteiger partial charge in [-0.3, -0.25) is 58.7 Å². The van der Waals surface area contributed by atoms with Crippen LogP contribution >= 0.6 is 68.0 Å². The van der Waals surface area contributed by atoms with Crippen LogP contribution in [-0.4, -0.2) is 110 Å². The fourth-order valence-corrected chi connectivity index (χ4v) is 18.8. The van der Waals surface area contributed by atoms with Crippen LogP contribution in [0.5, 0.6) is 57.5 Å². The molecule has 0 aromatic carbocycles. The SMILES string of the molecule is CC#Cc1sc(-c2ccc(-c3ccnc(-c4cc(OC=O)cc(-c5cc(OC=O)ccn5)n4)c3)s2)c2c1OCCO2.CC(C)=Cc1sc(-c2ccc(-c3ccnc(-c4cc(OC=O)cc(-c5cc(OC=O)ccn5)n4)c3)s2)c2c1OCCO2.Cc1ccsc1-c1ccc(-c2ccnc(-c3cc(OC=O)cc(-c4cc(OC=O)ccn4)n3)c2)s1. The molecule has 0 N–H and O–H groups in total. The molecule has 15 aromatic rings.